The zero-order valence-corrected chi connectivity index (χ0v) is 17.7. The van der Waals surface area contributed by atoms with Gasteiger partial charge in [-0.15, -0.1) is 0 Å². The minimum Gasteiger partial charge on any atom is -1.00 e. The Morgan fingerprint density at radius 2 is 1.79 bits per heavy atom. The van der Waals surface area contributed by atoms with Gasteiger partial charge in [-0.1, -0.05) is 0 Å². The van der Waals surface area contributed by atoms with E-state index in [0.717, 1.165) is 8.19 Å². The predicted octanol–water partition coefficient (Wildman–Crippen LogP) is -1.57. The van der Waals surface area contributed by atoms with E-state index in [-0.39, 0.29) is 24.8 Å². The van der Waals surface area contributed by atoms with E-state index < -0.39 is 24.1 Å². The van der Waals surface area contributed by atoms with Crippen LogP contribution >= 0.6 is 8.19 Å². The molecule has 0 bridgehead atoms. The molecule has 0 saturated carbocycles. The summed E-state index contributed by atoms with van der Waals surface area (Å²) in [5.74, 6) is 2.35. The number of halogens is 2. The Hall–Kier alpha value is 0.771. The van der Waals surface area contributed by atoms with Gasteiger partial charge in [-0.2, -0.15) is 0 Å². The van der Waals surface area contributed by atoms with Crippen LogP contribution in [0.4, 0.5) is 0 Å². The summed E-state index contributed by atoms with van der Waals surface area (Å²) < 4.78 is 3.65. The Kier molecular flexibility index (Phi) is 6.96. The van der Waals surface area contributed by atoms with Gasteiger partial charge in [0.25, 0.3) is 0 Å². The molecule has 0 aliphatic heterocycles. The van der Waals surface area contributed by atoms with Crippen molar-refractivity contribution in [2.24, 2.45) is 0 Å². The van der Waals surface area contributed by atoms with Crippen LogP contribution in [0.5, 0.6) is 0 Å². The van der Waals surface area contributed by atoms with Crippen molar-refractivity contribution in [3.05, 3.63) is 39.2 Å². The molecule has 107 valence electrons. The maximum absolute atomic E-state index is 2.61. The first-order chi connectivity index (χ1) is 7.81. The SMILES string of the molecule is C[SiH](C)C1=[C]([Ti+2]([CH3])([CH3])([CH3])[c]2ccc[pH]2)CC=C1.[Cl-].[Cl-]. The summed E-state index contributed by atoms with van der Waals surface area (Å²) >= 11 is -2.54. The van der Waals surface area contributed by atoms with Crippen LogP contribution in [0.2, 0.25) is 28.8 Å². The van der Waals surface area contributed by atoms with Crippen LogP contribution in [0, 0.1) is 0 Å². The van der Waals surface area contributed by atoms with E-state index in [2.05, 4.69) is 58.9 Å². The molecule has 0 amide bonds. The van der Waals surface area contributed by atoms with Gasteiger partial charge in [0.05, 0.1) is 0 Å². The minimum atomic E-state index is -2.54. The molecule has 1 aliphatic rings. The standard InChI is InChI=1S/C7H11Si.C4H4P.3CH3.2ClH.Ti/c1-8(2)7-5-3-4-6-7;1-2-4-5-3-1;;;;;;/h3,5,8H,4H2,1-2H3;1-3,5H;3*1H3;2*1H;/q;;;;;;;+2/p-2. The van der Waals surface area contributed by atoms with Crippen molar-refractivity contribution in [2.45, 2.75) is 35.2 Å². The minimum absolute atomic E-state index is 0. The Balaban J connectivity index is 0.00000162. The van der Waals surface area contributed by atoms with Crippen molar-refractivity contribution in [1.82, 2.24) is 0 Å². The van der Waals surface area contributed by atoms with Gasteiger partial charge >= 0.3 is 110 Å². The molecular formula is C14H24Cl2PSiTi. The molecule has 0 spiro atoms. The third-order valence-corrected chi connectivity index (χ3v) is 18.8. The molecule has 1 heterocycles. The fraction of sp³-hybridized carbons (Fsp3) is 0.429. The van der Waals surface area contributed by atoms with Crippen LogP contribution in [-0.2, 0) is 15.3 Å². The van der Waals surface area contributed by atoms with Crippen LogP contribution < -0.4 is 28.4 Å². The predicted molar refractivity (Wildman–Crippen MR) is 82.8 cm³/mol. The zero-order chi connectivity index (χ0) is 12.7. The summed E-state index contributed by atoms with van der Waals surface area (Å²) in [7, 11) is 0.280. The molecule has 19 heavy (non-hydrogen) atoms. The summed E-state index contributed by atoms with van der Waals surface area (Å²) in [4.78, 5) is 0. The first kappa shape index (κ1) is 19.8. The molecule has 1 unspecified atom stereocenters. The van der Waals surface area contributed by atoms with Crippen LogP contribution in [0.15, 0.2) is 39.2 Å². The Labute approximate surface area is 134 Å². The second kappa shape index (κ2) is 6.69. The monoisotopic (exact) mass is 369 g/mol. The molecule has 0 nitrogen and oxygen atoms in total. The first-order valence-corrected chi connectivity index (χ1v) is 16.8. The van der Waals surface area contributed by atoms with Crippen LogP contribution in [-0.4, -0.2) is 8.80 Å². The Morgan fingerprint density at radius 3 is 2.26 bits per heavy atom. The van der Waals surface area contributed by atoms with Gasteiger partial charge < -0.3 is 24.8 Å². The molecule has 1 atom stereocenters. The maximum atomic E-state index is 2.61. The average molecular weight is 370 g/mol. The van der Waals surface area contributed by atoms with Crippen LogP contribution in [0.3, 0.4) is 0 Å². The Morgan fingerprint density at radius 1 is 1.16 bits per heavy atom. The summed E-state index contributed by atoms with van der Waals surface area (Å²) in [6, 6.07) is 4.68. The van der Waals surface area contributed by atoms with Gasteiger partial charge in [0.1, 0.15) is 0 Å². The normalized spacial score (nSPS) is 15.9. The molecule has 1 aromatic heterocycles. The molecule has 0 aromatic carbocycles. The average Bonchev–Trinajstić information content (AvgIpc) is 2.89. The van der Waals surface area contributed by atoms with Crippen molar-refractivity contribution in [1.29, 1.82) is 0 Å². The van der Waals surface area contributed by atoms with Crippen molar-refractivity contribution in [2.75, 3.05) is 0 Å². The van der Waals surface area contributed by atoms with Crippen molar-refractivity contribution in [3.8, 4) is 0 Å². The van der Waals surface area contributed by atoms with E-state index in [0.29, 0.717) is 0 Å². The van der Waals surface area contributed by atoms with E-state index in [1.165, 1.54) is 6.42 Å². The molecule has 1 aromatic rings. The summed E-state index contributed by atoms with van der Waals surface area (Å²) in [6.07, 6.45) is 6.09. The van der Waals surface area contributed by atoms with Gasteiger partial charge in [0.2, 0.25) is 0 Å². The number of rotatable bonds is 3. The summed E-state index contributed by atoms with van der Waals surface area (Å²) in [5, 5.41) is 9.61. The van der Waals surface area contributed by atoms with Gasteiger partial charge in [0, 0.05) is 0 Å². The molecule has 5 heteroatoms. The zero-order valence-electron chi connectivity index (χ0n) is 12.4. The third-order valence-electron chi connectivity index (χ3n) is 4.19. The van der Waals surface area contributed by atoms with E-state index in [1.807, 2.05) is 3.88 Å². The topological polar surface area (TPSA) is 0 Å². The van der Waals surface area contributed by atoms with Crippen molar-refractivity contribution in [3.63, 3.8) is 0 Å². The molecular weight excluding hydrogens is 346 g/mol. The van der Waals surface area contributed by atoms with E-state index in [1.54, 1.807) is 8.80 Å². The van der Waals surface area contributed by atoms with Crippen molar-refractivity contribution >= 4 is 20.6 Å². The van der Waals surface area contributed by atoms with E-state index in [4.69, 9.17) is 0 Å². The number of hydrogen-bond acceptors (Lipinski definition) is 0. The largest absolute Gasteiger partial charge is 1.00 e. The smallest absolute Gasteiger partial charge is 1.00 e. The van der Waals surface area contributed by atoms with Crippen LogP contribution in [0.25, 0.3) is 0 Å². The quantitative estimate of drug-likeness (QED) is 0.564. The summed E-state index contributed by atoms with van der Waals surface area (Å²) in [6.45, 7) is 4.94. The van der Waals surface area contributed by atoms with Gasteiger partial charge in [-0.05, 0) is 0 Å². The molecule has 0 fully saturated rings. The van der Waals surface area contributed by atoms with Crippen LogP contribution in [0.1, 0.15) is 6.42 Å². The fourth-order valence-electron chi connectivity index (χ4n) is 2.96. The fourth-order valence-corrected chi connectivity index (χ4v) is 16.8. The molecule has 0 N–H and O–H groups in total. The number of hydrogen-bond donors (Lipinski definition) is 0. The first-order valence-electron chi connectivity index (χ1n) is 6.57. The third kappa shape index (κ3) is 3.70. The van der Waals surface area contributed by atoms with E-state index >= 15 is 0 Å². The second-order valence-electron chi connectivity index (χ2n) is 6.90. The molecule has 0 saturated heterocycles. The Bertz CT molecular complexity index is 481. The van der Waals surface area contributed by atoms with Gasteiger partial charge in [-0.25, -0.2) is 0 Å². The summed E-state index contributed by atoms with van der Waals surface area (Å²) in [5.41, 5.74) is 0. The molecule has 0 radical (unpaired) electrons. The second-order valence-corrected chi connectivity index (χ2v) is 23.3. The molecule has 2 rings (SSSR count). The molecule has 1 aliphatic carbocycles. The van der Waals surface area contributed by atoms with E-state index in [9.17, 15) is 0 Å². The van der Waals surface area contributed by atoms with Gasteiger partial charge in [0.15, 0.2) is 0 Å². The maximum Gasteiger partial charge on any atom is -1.00 e. The van der Waals surface area contributed by atoms with Crippen molar-refractivity contribution < 1.29 is 40.1 Å². The number of allylic oxidation sites excluding steroid dienone is 4. The van der Waals surface area contributed by atoms with Gasteiger partial charge in [-0.3, -0.25) is 0 Å².